The number of carbonyl (C=O) groups is 3. The quantitative estimate of drug-likeness (QED) is 0.0873. The molecule has 0 radical (unpaired) electrons. The highest BCUT2D eigenvalue weighted by Gasteiger charge is 2.35. The van der Waals surface area contributed by atoms with Crippen molar-refractivity contribution in [3.8, 4) is 0 Å². The number of fused-ring (bicyclic) bond motifs is 3. The van der Waals surface area contributed by atoms with E-state index in [4.69, 9.17) is 28.8 Å². The van der Waals surface area contributed by atoms with E-state index in [-0.39, 0.29) is 64.2 Å². The lowest BCUT2D eigenvalue weighted by Crippen LogP contribution is -2.49. The van der Waals surface area contributed by atoms with Gasteiger partial charge in [-0.2, -0.15) is 0 Å². The number of aliphatic hydroxyl groups is 1. The Labute approximate surface area is 403 Å². The zero-order chi connectivity index (χ0) is 46.9. The number of carbonyl (C=O) groups excluding carboxylic acids is 3. The first-order valence-corrected chi connectivity index (χ1v) is 25.4. The number of benzene rings is 3. The van der Waals surface area contributed by atoms with Gasteiger partial charge >= 0.3 is 17.9 Å². The molecular weight excluding hydrogens is 865 g/mol. The van der Waals surface area contributed by atoms with Crippen LogP contribution < -0.4 is 0 Å². The van der Waals surface area contributed by atoms with E-state index >= 15 is 0 Å². The Morgan fingerprint density at radius 2 is 0.691 bits per heavy atom. The van der Waals surface area contributed by atoms with Crippen LogP contribution in [0.4, 0.5) is 0 Å². The summed E-state index contributed by atoms with van der Waals surface area (Å²) in [6.45, 7) is 15.1. The summed E-state index contributed by atoms with van der Waals surface area (Å²) in [4.78, 5) is 52.3. The van der Waals surface area contributed by atoms with Crippen LogP contribution in [0.15, 0.2) is 72.8 Å². The summed E-state index contributed by atoms with van der Waals surface area (Å²) < 4.78 is 26.5. The Morgan fingerprint density at radius 1 is 0.397 bits per heavy atom. The maximum atomic E-state index is 12.4. The largest absolute Gasteiger partial charge is 0.460 e. The molecule has 6 aliphatic heterocycles. The Morgan fingerprint density at radius 3 is 1.00 bits per heavy atom. The van der Waals surface area contributed by atoms with Crippen LogP contribution in [0, 0.1) is 0 Å². The van der Waals surface area contributed by atoms with Crippen LogP contribution in [0.1, 0.15) is 106 Å². The zero-order valence-corrected chi connectivity index (χ0v) is 40.1. The lowest BCUT2D eigenvalue weighted by molar-refractivity contribution is 0.0150. The molecule has 6 fully saturated rings. The van der Waals surface area contributed by atoms with Gasteiger partial charge in [-0.3, -0.25) is 29.4 Å². The zero-order valence-electron chi connectivity index (χ0n) is 40.1. The average molecular weight is 939 g/mol. The van der Waals surface area contributed by atoms with Gasteiger partial charge in [0.1, 0.15) is 19.8 Å². The van der Waals surface area contributed by atoms with Gasteiger partial charge in [-0.05, 0) is 131 Å². The van der Waals surface area contributed by atoms with Crippen LogP contribution in [-0.2, 0) is 43.3 Å². The molecule has 0 aliphatic carbocycles. The number of aliphatic hydroxyl groups excluding tert-OH is 1. The predicted octanol–water partition coefficient (Wildman–Crippen LogP) is 5.45. The predicted molar refractivity (Wildman–Crippen MR) is 258 cm³/mol. The summed E-state index contributed by atoms with van der Waals surface area (Å²) in [5.74, 6) is -1.05. The summed E-state index contributed by atoms with van der Waals surface area (Å²) >= 11 is 0. The summed E-state index contributed by atoms with van der Waals surface area (Å²) in [6, 6.07) is 23.2. The first kappa shape index (κ1) is 50.1. The van der Waals surface area contributed by atoms with Gasteiger partial charge in [0.2, 0.25) is 0 Å². The fourth-order valence-electron chi connectivity index (χ4n) is 10.9. The highest BCUT2D eigenvalue weighted by molar-refractivity contribution is 5.90. The molecule has 6 saturated heterocycles. The molecule has 68 heavy (non-hydrogen) atoms. The molecule has 0 bridgehead atoms. The fourth-order valence-corrected chi connectivity index (χ4v) is 10.9. The molecular formula is C53H74N6O9. The average Bonchev–Trinajstić information content (AvgIpc) is 4.18. The van der Waals surface area contributed by atoms with E-state index < -0.39 is 0 Å². The molecule has 0 aromatic heterocycles. The molecule has 370 valence electrons. The van der Waals surface area contributed by atoms with Crippen LogP contribution in [0.2, 0.25) is 0 Å². The minimum atomic E-state index is -0.356. The molecule has 15 heteroatoms. The Kier molecular flexibility index (Phi) is 19.2. The lowest BCUT2D eigenvalue weighted by Gasteiger charge is -2.40. The van der Waals surface area contributed by atoms with Gasteiger partial charge in [-0.25, -0.2) is 14.4 Å². The Balaban J connectivity index is 0.000000212. The SMILES string of the molecule is O=C(OCCOCCO)c1ccc(CN2CCCN3CCCC32)cc1.O=C(OCCOCCOC(=O)c1ccc(CN2CCCN3CCCC32)cc1)c1ccc(CN2CCCN3CCCC32)cc1. The summed E-state index contributed by atoms with van der Waals surface area (Å²) in [5.41, 5.74) is 5.32. The smallest absolute Gasteiger partial charge is 0.338 e. The van der Waals surface area contributed by atoms with Gasteiger partial charge in [-0.15, -0.1) is 0 Å². The molecule has 9 rings (SSSR count). The number of rotatable bonds is 20. The van der Waals surface area contributed by atoms with Gasteiger partial charge in [0.15, 0.2) is 0 Å². The van der Waals surface area contributed by atoms with Crippen molar-refractivity contribution >= 4 is 17.9 Å². The molecule has 3 atom stereocenters. The molecule has 3 unspecified atom stereocenters. The second-order valence-corrected chi connectivity index (χ2v) is 18.9. The van der Waals surface area contributed by atoms with Crippen LogP contribution in [-0.4, -0.2) is 183 Å². The highest BCUT2D eigenvalue weighted by atomic mass is 16.6. The molecule has 3 aromatic rings. The summed E-state index contributed by atoms with van der Waals surface area (Å²) in [5, 5.41) is 8.61. The summed E-state index contributed by atoms with van der Waals surface area (Å²) in [6.07, 6.45) is 13.1. The van der Waals surface area contributed by atoms with Crippen molar-refractivity contribution < 1.29 is 43.2 Å². The fraction of sp³-hybridized carbons (Fsp3) is 0.604. The number of ether oxygens (including phenoxy) is 5. The molecule has 0 saturated carbocycles. The van der Waals surface area contributed by atoms with E-state index in [2.05, 4.69) is 29.4 Å². The molecule has 6 aliphatic rings. The number of nitrogens with zero attached hydrogens (tertiary/aromatic N) is 6. The van der Waals surface area contributed by atoms with Gasteiger partial charge < -0.3 is 28.8 Å². The van der Waals surface area contributed by atoms with Crippen molar-refractivity contribution in [2.75, 3.05) is 112 Å². The van der Waals surface area contributed by atoms with Crippen LogP contribution in [0.5, 0.6) is 0 Å². The second kappa shape index (κ2) is 26.1. The molecule has 15 nitrogen and oxygen atoms in total. The maximum Gasteiger partial charge on any atom is 0.338 e. The van der Waals surface area contributed by atoms with E-state index in [1.807, 2.05) is 72.8 Å². The van der Waals surface area contributed by atoms with Crippen LogP contribution in [0.25, 0.3) is 0 Å². The van der Waals surface area contributed by atoms with Crippen molar-refractivity contribution in [1.29, 1.82) is 0 Å². The van der Waals surface area contributed by atoms with Gasteiger partial charge in [0.25, 0.3) is 0 Å². The lowest BCUT2D eigenvalue weighted by atomic mass is 10.1. The minimum absolute atomic E-state index is 0.0228. The number of hydrogen-bond acceptors (Lipinski definition) is 15. The van der Waals surface area contributed by atoms with E-state index in [1.54, 1.807) is 0 Å². The van der Waals surface area contributed by atoms with Crippen molar-refractivity contribution in [2.45, 2.75) is 95.9 Å². The van der Waals surface area contributed by atoms with Crippen molar-refractivity contribution in [2.24, 2.45) is 0 Å². The first-order valence-electron chi connectivity index (χ1n) is 25.4. The van der Waals surface area contributed by atoms with Gasteiger partial charge in [-0.1, -0.05) is 36.4 Å². The standard InChI is InChI=1S/C34H46N4O5.C19H28N2O4/c39-33(29-11-7-27(8-12-29)25-37-19-3-17-35-15-1-5-31(35)37)42-23-21-41-22-24-43-34(40)30-13-9-28(10-14-30)26-38-20-4-18-36-16-2-6-32(36)38;22-11-12-24-13-14-25-19(23)17-6-4-16(5-7-17)15-21-10-2-9-20-8-1-3-18(20)21/h7-14,31-32H,1-6,15-26H2;4-7,18,22H,1-3,8-15H2. The molecule has 0 spiro atoms. The van der Waals surface area contributed by atoms with Crippen molar-refractivity contribution in [3.05, 3.63) is 106 Å². The van der Waals surface area contributed by atoms with Crippen LogP contribution >= 0.6 is 0 Å². The van der Waals surface area contributed by atoms with Crippen LogP contribution in [0.3, 0.4) is 0 Å². The summed E-state index contributed by atoms with van der Waals surface area (Å²) in [7, 11) is 0. The van der Waals surface area contributed by atoms with E-state index in [9.17, 15) is 14.4 Å². The van der Waals surface area contributed by atoms with E-state index in [0.29, 0.717) is 41.8 Å². The van der Waals surface area contributed by atoms with E-state index in [0.717, 1.165) is 39.3 Å². The Hall–Kier alpha value is -4.29. The third kappa shape index (κ3) is 14.2. The van der Waals surface area contributed by atoms with Crippen molar-refractivity contribution in [1.82, 2.24) is 29.4 Å². The normalized spacial score (nSPS) is 22.5. The molecule has 3 aromatic carbocycles. The topological polar surface area (TPSA) is 137 Å². The molecule has 0 amide bonds. The number of esters is 3. The molecule has 1 N–H and O–H groups in total. The third-order valence-electron chi connectivity index (χ3n) is 14.3. The van der Waals surface area contributed by atoms with Gasteiger partial charge in [0.05, 0.1) is 68.2 Å². The number of hydrogen-bond donors (Lipinski definition) is 1. The monoisotopic (exact) mass is 939 g/mol. The van der Waals surface area contributed by atoms with Crippen molar-refractivity contribution in [3.63, 3.8) is 0 Å². The molecule has 6 heterocycles. The van der Waals surface area contributed by atoms with Gasteiger partial charge in [0, 0.05) is 58.9 Å². The first-order chi connectivity index (χ1) is 33.4. The minimum Gasteiger partial charge on any atom is -0.460 e. The second-order valence-electron chi connectivity index (χ2n) is 18.9. The Bertz CT molecular complexity index is 1930. The third-order valence-corrected chi connectivity index (χ3v) is 14.3. The highest BCUT2D eigenvalue weighted by Crippen LogP contribution is 2.29. The maximum absolute atomic E-state index is 12.4. The van der Waals surface area contributed by atoms with E-state index in [1.165, 1.54) is 114 Å².